The average Bonchev–Trinajstić information content (AvgIpc) is 2.45. The van der Waals surface area contributed by atoms with Crippen LogP contribution in [-0.2, 0) is 11.3 Å². The molecular weight excluding hydrogens is 242 g/mol. The van der Waals surface area contributed by atoms with Crippen molar-refractivity contribution in [2.24, 2.45) is 5.92 Å². The fourth-order valence-electron chi connectivity index (χ4n) is 2.43. The summed E-state index contributed by atoms with van der Waals surface area (Å²) in [6, 6.07) is 10.1. The third kappa shape index (κ3) is 4.56. The van der Waals surface area contributed by atoms with Crippen molar-refractivity contribution in [3.05, 3.63) is 35.9 Å². The van der Waals surface area contributed by atoms with Gasteiger partial charge in [-0.05, 0) is 30.7 Å². The van der Waals surface area contributed by atoms with Crippen molar-refractivity contribution in [3.63, 3.8) is 0 Å². The predicted octanol–water partition coefficient (Wildman–Crippen LogP) is 2.98. The van der Waals surface area contributed by atoms with Crippen LogP contribution in [0.25, 0.3) is 0 Å². The molecule has 104 valence electrons. The summed E-state index contributed by atoms with van der Waals surface area (Å²) in [5.41, 5.74) is 1.20. The Balaban J connectivity index is 1.58. The van der Waals surface area contributed by atoms with E-state index in [1.807, 2.05) is 18.2 Å². The zero-order valence-electron chi connectivity index (χ0n) is 11.1. The number of hydrogen-bond donors (Lipinski definition) is 1. The van der Waals surface area contributed by atoms with Gasteiger partial charge in [0.05, 0.1) is 6.61 Å². The lowest BCUT2D eigenvalue weighted by Crippen LogP contribution is -2.37. The fraction of sp³-hybridized carbons (Fsp3) is 0.533. The van der Waals surface area contributed by atoms with Gasteiger partial charge in [-0.25, -0.2) is 4.79 Å². The van der Waals surface area contributed by atoms with Crippen molar-refractivity contribution in [3.8, 4) is 0 Å². The lowest BCUT2D eigenvalue weighted by Gasteiger charge is -2.29. The molecule has 1 amide bonds. The molecule has 0 saturated carbocycles. The van der Waals surface area contributed by atoms with Crippen LogP contribution >= 0.6 is 0 Å². The van der Waals surface area contributed by atoms with E-state index in [9.17, 15) is 4.79 Å². The molecule has 1 saturated heterocycles. The highest BCUT2D eigenvalue weighted by atomic mass is 16.5. The van der Waals surface area contributed by atoms with Crippen molar-refractivity contribution in [2.75, 3.05) is 19.7 Å². The van der Waals surface area contributed by atoms with E-state index < -0.39 is 6.09 Å². The highest BCUT2D eigenvalue weighted by Crippen LogP contribution is 2.20. The number of piperidine rings is 1. The Labute approximate surface area is 114 Å². The van der Waals surface area contributed by atoms with Crippen LogP contribution in [0.3, 0.4) is 0 Å². The molecule has 0 aromatic heterocycles. The van der Waals surface area contributed by atoms with E-state index in [4.69, 9.17) is 9.84 Å². The number of carboxylic acid groups (broad SMARTS) is 1. The molecule has 1 aromatic carbocycles. The van der Waals surface area contributed by atoms with Crippen molar-refractivity contribution in [1.82, 2.24) is 4.90 Å². The normalized spacial score (nSPS) is 16.5. The van der Waals surface area contributed by atoms with Crippen LogP contribution in [-0.4, -0.2) is 35.8 Å². The fourth-order valence-corrected chi connectivity index (χ4v) is 2.43. The van der Waals surface area contributed by atoms with Crippen LogP contribution in [0.1, 0.15) is 24.8 Å². The molecule has 1 N–H and O–H groups in total. The second-order valence-electron chi connectivity index (χ2n) is 5.04. The van der Waals surface area contributed by atoms with Crippen molar-refractivity contribution in [2.45, 2.75) is 25.9 Å². The molecule has 1 aliphatic heterocycles. The lowest BCUT2D eigenvalue weighted by molar-refractivity contribution is 0.0878. The van der Waals surface area contributed by atoms with E-state index in [2.05, 4.69) is 12.1 Å². The third-order valence-corrected chi connectivity index (χ3v) is 3.67. The predicted molar refractivity (Wildman–Crippen MR) is 73.0 cm³/mol. The Morgan fingerprint density at radius 1 is 1.26 bits per heavy atom. The van der Waals surface area contributed by atoms with Crippen LogP contribution in [0.5, 0.6) is 0 Å². The highest BCUT2D eigenvalue weighted by Gasteiger charge is 2.21. The van der Waals surface area contributed by atoms with E-state index in [0.29, 0.717) is 25.6 Å². The van der Waals surface area contributed by atoms with Crippen molar-refractivity contribution in [1.29, 1.82) is 0 Å². The summed E-state index contributed by atoms with van der Waals surface area (Å²) in [5, 5.41) is 8.87. The lowest BCUT2D eigenvalue weighted by atomic mass is 9.94. The smallest absolute Gasteiger partial charge is 0.407 e. The topological polar surface area (TPSA) is 49.8 Å². The molecule has 1 fully saturated rings. The molecular formula is C15H21NO3. The molecule has 19 heavy (non-hydrogen) atoms. The molecule has 0 unspecified atom stereocenters. The summed E-state index contributed by atoms with van der Waals surface area (Å²) in [5.74, 6) is 0.603. The van der Waals surface area contributed by atoms with E-state index >= 15 is 0 Å². The number of amides is 1. The van der Waals surface area contributed by atoms with E-state index in [1.165, 1.54) is 10.5 Å². The average molecular weight is 263 g/mol. The van der Waals surface area contributed by atoms with Crippen LogP contribution in [0.2, 0.25) is 0 Å². The molecule has 1 aromatic rings. The van der Waals surface area contributed by atoms with Gasteiger partial charge in [-0.15, -0.1) is 0 Å². The summed E-state index contributed by atoms with van der Waals surface area (Å²) in [4.78, 5) is 12.3. The van der Waals surface area contributed by atoms with Crippen LogP contribution < -0.4 is 0 Å². The highest BCUT2D eigenvalue weighted by molar-refractivity contribution is 5.64. The summed E-state index contributed by atoms with van der Waals surface area (Å²) in [6.45, 7) is 2.75. The minimum atomic E-state index is -0.793. The summed E-state index contributed by atoms with van der Waals surface area (Å²) >= 11 is 0. The van der Waals surface area contributed by atoms with Gasteiger partial charge in [0.2, 0.25) is 0 Å². The molecule has 0 radical (unpaired) electrons. The molecule has 2 rings (SSSR count). The number of benzene rings is 1. The molecule has 0 bridgehead atoms. The van der Waals surface area contributed by atoms with Gasteiger partial charge in [0.25, 0.3) is 0 Å². The number of carbonyl (C=O) groups is 1. The van der Waals surface area contributed by atoms with Gasteiger partial charge < -0.3 is 14.7 Å². The number of ether oxygens (including phenoxy) is 1. The molecule has 1 aliphatic rings. The van der Waals surface area contributed by atoms with Crippen molar-refractivity contribution < 1.29 is 14.6 Å². The number of hydrogen-bond acceptors (Lipinski definition) is 2. The summed E-state index contributed by atoms with van der Waals surface area (Å²) in [7, 11) is 0. The first-order valence-electron chi connectivity index (χ1n) is 6.85. The first kappa shape index (κ1) is 13.9. The van der Waals surface area contributed by atoms with E-state index in [-0.39, 0.29) is 0 Å². The van der Waals surface area contributed by atoms with Crippen LogP contribution in [0.15, 0.2) is 30.3 Å². The minimum Gasteiger partial charge on any atom is -0.465 e. The van der Waals surface area contributed by atoms with Gasteiger partial charge in [-0.3, -0.25) is 0 Å². The maximum Gasteiger partial charge on any atom is 0.407 e. The Bertz CT molecular complexity index is 386. The number of rotatable bonds is 5. The van der Waals surface area contributed by atoms with Gasteiger partial charge in [-0.1, -0.05) is 30.3 Å². The SMILES string of the molecule is O=C(O)N1CCC(CCOCc2ccccc2)CC1. The monoisotopic (exact) mass is 263 g/mol. The summed E-state index contributed by atoms with van der Waals surface area (Å²) in [6.07, 6.45) is 2.15. The van der Waals surface area contributed by atoms with Crippen molar-refractivity contribution >= 4 is 6.09 Å². The van der Waals surface area contributed by atoms with E-state index in [1.54, 1.807) is 0 Å². The van der Waals surface area contributed by atoms with Crippen LogP contribution in [0, 0.1) is 5.92 Å². The standard InChI is InChI=1S/C15H21NO3/c17-15(18)16-9-6-13(7-10-16)8-11-19-12-14-4-2-1-3-5-14/h1-5,13H,6-12H2,(H,17,18). The summed E-state index contributed by atoms with van der Waals surface area (Å²) < 4.78 is 5.67. The molecule has 0 spiro atoms. The zero-order chi connectivity index (χ0) is 13.5. The number of nitrogens with zero attached hydrogens (tertiary/aromatic N) is 1. The minimum absolute atomic E-state index is 0.603. The molecule has 4 nitrogen and oxygen atoms in total. The molecule has 0 atom stereocenters. The Hall–Kier alpha value is -1.55. The van der Waals surface area contributed by atoms with E-state index in [0.717, 1.165) is 25.9 Å². The van der Waals surface area contributed by atoms with Gasteiger partial charge >= 0.3 is 6.09 Å². The maximum atomic E-state index is 10.8. The third-order valence-electron chi connectivity index (χ3n) is 3.67. The quantitative estimate of drug-likeness (QED) is 0.831. The van der Waals surface area contributed by atoms with Gasteiger partial charge in [0.1, 0.15) is 0 Å². The first-order chi connectivity index (χ1) is 9.25. The Morgan fingerprint density at radius 3 is 2.58 bits per heavy atom. The maximum absolute atomic E-state index is 10.8. The van der Waals surface area contributed by atoms with Crippen LogP contribution in [0.4, 0.5) is 4.79 Å². The van der Waals surface area contributed by atoms with Gasteiger partial charge in [0.15, 0.2) is 0 Å². The van der Waals surface area contributed by atoms with Gasteiger partial charge in [-0.2, -0.15) is 0 Å². The van der Waals surface area contributed by atoms with Gasteiger partial charge in [0, 0.05) is 19.7 Å². The Kier molecular flexibility index (Phi) is 5.21. The molecule has 0 aliphatic carbocycles. The molecule has 4 heteroatoms. The first-order valence-corrected chi connectivity index (χ1v) is 6.85. The largest absolute Gasteiger partial charge is 0.465 e. The molecule has 1 heterocycles. The second-order valence-corrected chi connectivity index (χ2v) is 5.04. The zero-order valence-corrected chi connectivity index (χ0v) is 11.1. The second kappa shape index (κ2) is 7.14. The Morgan fingerprint density at radius 2 is 1.95 bits per heavy atom. The number of likely N-dealkylation sites (tertiary alicyclic amines) is 1.